The lowest BCUT2D eigenvalue weighted by Crippen LogP contribution is -2.54. The number of sulfonamides is 1. The van der Waals surface area contributed by atoms with Gasteiger partial charge in [-0.25, -0.2) is 18.2 Å². The minimum atomic E-state index is -4.09. The van der Waals surface area contributed by atoms with Gasteiger partial charge in [-0.05, 0) is 36.6 Å². The molecular weight excluding hydrogens is 379 g/mol. The first-order valence-electron chi connectivity index (χ1n) is 8.27. The van der Waals surface area contributed by atoms with Crippen molar-refractivity contribution in [3.8, 4) is 0 Å². The van der Waals surface area contributed by atoms with Crippen LogP contribution in [0.2, 0.25) is 0 Å². The average molecular weight is 400 g/mol. The van der Waals surface area contributed by atoms with Crippen LogP contribution in [0, 0.1) is 11.7 Å². The third-order valence-electron chi connectivity index (χ3n) is 3.97. The molecule has 2 amide bonds. The van der Waals surface area contributed by atoms with E-state index in [-0.39, 0.29) is 17.9 Å². The molecule has 0 aromatic heterocycles. The summed E-state index contributed by atoms with van der Waals surface area (Å²) in [6.07, 6.45) is 0.166. The SMILES string of the molecule is CC(C)C(NS(=O)(=O)c1ccc(F)cc1)C(=O)NC1CCNNC(=O)C1=O. The molecule has 4 N–H and O–H groups in total. The van der Waals surface area contributed by atoms with Crippen LogP contribution in [0.25, 0.3) is 0 Å². The lowest BCUT2D eigenvalue weighted by molar-refractivity contribution is -0.140. The molecule has 2 rings (SSSR count). The highest BCUT2D eigenvalue weighted by Gasteiger charge is 2.34. The molecule has 1 aliphatic heterocycles. The Labute approximate surface area is 156 Å². The second kappa shape index (κ2) is 8.55. The standard InChI is InChI=1S/C16H21FN4O5S/c1-9(2)13(21-27(25,26)11-5-3-10(17)4-6-11)15(23)19-12-7-8-18-20-16(24)14(12)22/h3-6,9,12-13,18,21H,7-8H2,1-2H3,(H,19,23)(H,20,24). The summed E-state index contributed by atoms with van der Waals surface area (Å²) < 4.78 is 40.2. The van der Waals surface area contributed by atoms with Crippen LogP contribution < -0.4 is 20.9 Å². The molecule has 0 saturated carbocycles. The van der Waals surface area contributed by atoms with Crippen molar-refractivity contribution in [1.29, 1.82) is 0 Å². The van der Waals surface area contributed by atoms with Crippen molar-refractivity contribution < 1.29 is 27.2 Å². The Morgan fingerprint density at radius 2 is 1.85 bits per heavy atom. The van der Waals surface area contributed by atoms with Crippen LogP contribution in [0.3, 0.4) is 0 Å². The third kappa shape index (κ3) is 5.31. The van der Waals surface area contributed by atoms with Gasteiger partial charge in [0.25, 0.3) is 0 Å². The quantitative estimate of drug-likeness (QED) is 0.463. The van der Waals surface area contributed by atoms with Crippen LogP contribution in [0.1, 0.15) is 20.3 Å². The van der Waals surface area contributed by atoms with Gasteiger partial charge >= 0.3 is 5.91 Å². The summed E-state index contributed by atoms with van der Waals surface area (Å²) >= 11 is 0. The van der Waals surface area contributed by atoms with Crippen molar-refractivity contribution in [2.24, 2.45) is 5.92 Å². The molecule has 9 nitrogen and oxygen atoms in total. The van der Waals surface area contributed by atoms with E-state index >= 15 is 0 Å². The minimum Gasteiger partial charge on any atom is -0.344 e. The Hall–Kier alpha value is -2.37. The number of Topliss-reactive ketones (excluding diaryl/α,β-unsaturated/α-hetero) is 1. The highest BCUT2D eigenvalue weighted by molar-refractivity contribution is 7.89. The summed E-state index contributed by atoms with van der Waals surface area (Å²) in [4.78, 5) is 35.9. The number of rotatable bonds is 6. The van der Waals surface area contributed by atoms with Gasteiger partial charge in [-0.2, -0.15) is 4.72 Å². The number of hydrazine groups is 1. The number of benzene rings is 1. The van der Waals surface area contributed by atoms with Crippen LogP contribution in [0.4, 0.5) is 4.39 Å². The summed E-state index contributed by atoms with van der Waals surface area (Å²) in [5, 5.41) is 2.43. The fourth-order valence-electron chi connectivity index (χ4n) is 2.45. The van der Waals surface area contributed by atoms with Crippen molar-refractivity contribution in [2.45, 2.75) is 37.2 Å². The van der Waals surface area contributed by atoms with E-state index in [4.69, 9.17) is 0 Å². The fraction of sp³-hybridized carbons (Fsp3) is 0.438. The topological polar surface area (TPSA) is 133 Å². The summed E-state index contributed by atoms with van der Waals surface area (Å²) in [7, 11) is -4.09. The molecule has 1 aromatic carbocycles. The lowest BCUT2D eigenvalue weighted by atomic mass is 10.0. The maximum Gasteiger partial charge on any atom is 0.303 e. The molecule has 148 valence electrons. The summed E-state index contributed by atoms with van der Waals surface area (Å²) in [5.74, 6) is -3.48. The first-order chi connectivity index (χ1) is 12.6. The van der Waals surface area contributed by atoms with Gasteiger partial charge in [0.05, 0.1) is 10.9 Å². The largest absolute Gasteiger partial charge is 0.344 e. The summed E-state index contributed by atoms with van der Waals surface area (Å²) in [6.45, 7) is 3.51. The lowest BCUT2D eigenvalue weighted by Gasteiger charge is -2.24. The van der Waals surface area contributed by atoms with Gasteiger partial charge in [-0.15, -0.1) is 0 Å². The summed E-state index contributed by atoms with van der Waals surface area (Å²) in [5.41, 5.74) is 4.71. The maximum absolute atomic E-state index is 13.0. The van der Waals surface area contributed by atoms with E-state index in [0.717, 1.165) is 24.3 Å². The van der Waals surface area contributed by atoms with Crippen LogP contribution in [-0.2, 0) is 24.4 Å². The Balaban J connectivity index is 2.16. The number of halogens is 1. The Morgan fingerprint density at radius 1 is 1.22 bits per heavy atom. The molecule has 0 spiro atoms. The number of carbonyl (C=O) groups excluding carboxylic acids is 3. The molecular formula is C16H21FN4O5S. The van der Waals surface area contributed by atoms with Gasteiger partial charge < -0.3 is 5.32 Å². The van der Waals surface area contributed by atoms with E-state index < -0.39 is 51.4 Å². The van der Waals surface area contributed by atoms with Gasteiger partial charge in [0.15, 0.2) is 0 Å². The number of hydrogen-bond acceptors (Lipinski definition) is 6. The number of amides is 2. The average Bonchev–Trinajstić information content (AvgIpc) is 2.75. The van der Waals surface area contributed by atoms with Crippen LogP contribution >= 0.6 is 0 Å². The van der Waals surface area contributed by atoms with Gasteiger partial charge in [-0.1, -0.05) is 13.8 Å². The number of nitrogens with one attached hydrogen (secondary N) is 4. The van der Waals surface area contributed by atoms with E-state index in [9.17, 15) is 27.2 Å². The molecule has 0 radical (unpaired) electrons. The number of ketones is 1. The third-order valence-corrected chi connectivity index (χ3v) is 5.43. The van der Waals surface area contributed by atoms with E-state index in [0.29, 0.717) is 0 Å². The highest BCUT2D eigenvalue weighted by Crippen LogP contribution is 2.13. The second-order valence-electron chi connectivity index (χ2n) is 6.39. The van der Waals surface area contributed by atoms with E-state index in [1.165, 1.54) is 0 Å². The molecule has 2 atom stereocenters. The van der Waals surface area contributed by atoms with Crippen molar-refractivity contribution in [2.75, 3.05) is 6.54 Å². The minimum absolute atomic E-state index is 0.166. The van der Waals surface area contributed by atoms with Crippen molar-refractivity contribution >= 4 is 27.6 Å². The van der Waals surface area contributed by atoms with Crippen LogP contribution in [0.5, 0.6) is 0 Å². The van der Waals surface area contributed by atoms with Gasteiger partial charge in [0, 0.05) is 6.54 Å². The Bertz CT molecular complexity index is 826. The van der Waals surface area contributed by atoms with Gasteiger partial charge in [0.1, 0.15) is 11.9 Å². The zero-order valence-electron chi connectivity index (χ0n) is 14.8. The molecule has 2 unspecified atom stereocenters. The van der Waals surface area contributed by atoms with E-state index in [1.54, 1.807) is 13.8 Å². The maximum atomic E-state index is 13.0. The molecule has 11 heteroatoms. The fourth-order valence-corrected chi connectivity index (χ4v) is 3.79. The second-order valence-corrected chi connectivity index (χ2v) is 8.11. The van der Waals surface area contributed by atoms with Gasteiger partial charge in [0.2, 0.25) is 21.7 Å². The van der Waals surface area contributed by atoms with Crippen molar-refractivity contribution in [1.82, 2.24) is 20.9 Å². The Kier molecular flexibility index (Phi) is 6.63. The van der Waals surface area contributed by atoms with Crippen LogP contribution in [-0.4, -0.2) is 44.6 Å². The molecule has 1 fully saturated rings. The zero-order valence-corrected chi connectivity index (χ0v) is 15.6. The molecule has 0 aliphatic carbocycles. The normalized spacial score (nSPS) is 19.3. The first kappa shape index (κ1) is 20.9. The monoisotopic (exact) mass is 400 g/mol. The molecule has 0 bridgehead atoms. The molecule has 1 aromatic rings. The van der Waals surface area contributed by atoms with Gasteiger partial charge in [-0.3, -0.25) is 19.8 Å². The highest BCUT2D eigenvalue weighted by atomic mass is 32.2. The predicted molar refractivity (Wildman–Crippen MR) is 93.0 cm³/mol. The predicted octanol–water partition coefficient (Wildman–Crippen LogP) is -0.793. The Morgan fingerprint density at radius 3 is 2.44 bits per heavy atom. The molecule has 1 heterocycles. The van der Waals surface area contributed by atoms with Crippen molar-refractivity contribution in [3.63, 3.8) is 0 Å². The number of hydrogen-bond donors (Lipinski definition) is 4. The molecule has 1 aliphatic rings. The zero-order chi connectivity index (χ0) is 20.2. The van der Waals surface area contributed by atoms with E-state index in [1.807, 2.05) is 0 Å². The van der Waals surface area contributed by atoms with Crippen LogP contribution in [0.15, 0.2) is 29.2 Å². The van der Waals surface area contributed by atoms with E-state index in [2.05, 4.69) is 20.9 Å². The summed E-state index contributed by atoms with van der Waals surface area (Å²) in [6, 6.07) is 1.90. The molecule has 27 heavy (non-hydrogen) atoms. The first-order valence-corrected chi connectivity index (χ1v) is 9.75. The smallest absolute Gasteiger partial charge is 0.303 e. The van der Waals surface area contributed by atoms with Crippen molar-refractivity contribution in [3.05, 3.63) is 30.1 Å². The number of carbonyl (C=O) groups is 3. The molecule has 1 saturated heterocycles.